The number of aromatic amines is 1. The molecule has 0 aliphatic carbocycles. The van der Waals surface area contributed by atoms with E-state index >= 15 is 0 Å². The van der Waals surface area contributed by atoms with Crippen molar-refractivity contribution < 1.29 is 19.4 Å². The summed E-state index contributed by atoms with van der Waals surface area (Å²) in [7, 11) is 0. The monoisotopic (exact) mass is 437 g/mol. The standard InChI is InChI=1S/C25H31N3O4/c1-15-5-7-19(8-6-15)22-21(23(29)20-16(2)17(3)26-18(20)4)24(30)25(31)28(22)10-9-27-11-13-32-14-12-27/h5-8,22,26,29H,9-14H2,1-4H3/b23-21+. The highest BCUT2D eigenvalue weighted by molar-refractivity contribution is 6.46. The predicted molar refractivity (Wildman–Crippen MR) is 122 cm³/mol. The summed E-state index contributed by atoms with van der Waals surface area (Å²) in [5, 5.41) is 11.3. The first-order valence-corrected chi connectivity index (χ1v) is 11.1. The van der Waals surface area contributed by atoms with E-state index in [2.05, 4.69) is 9.88 Å². The Kier molecular flexibility index (Phi) is 6.22. The number of Topliss-reactive ketones (excluding diaryl/α,β-unsaturated/α-hetero) is 1. The molecule has 2 aliphatic rings. The van der Waals surface area contributed by atoms with E-state index in [0.29, 0.717) is 31.9 Å². The summed E-state index contributed by atoms with van der Waals surface area (Å²) in [6.07, 6.45) is 0. The molecule has 0 bridgehead atoms. The molecular formula is C25H31N3O4. The van der Waals surface area contributed by atoms with Gasteiger partial charge in [-0.25, -0.2) is 0 Å². The van der Waals surface area contributed by atoms with Crippen molar-refractivity contribution in [3.8, 4) is 0 Å². The van der Waals surface area contributed by atoms with Crippen molar-refractivity contribution >= 4 is 17.4 Å². The van der Waals surface area contributed by atoms with Gasteiger partial charge >= 0.3 is 0 Å². The molecule has 2 N–H and O–H groups in total. The zero-order chi connectivity index (χ0) is 23.0. The first kappa shape index (κ1) is 22.3. The normalized spacial score (nSPS) is 21.5. The van der Waals surface area contributed by atoms with Gasteiger partial charge in [0.25, 0.3) is 11.7 Å². The zero-order valence-corrected chi connectivity index (χ0v) is 19.2. The van der Waals surface area contributed by atoms with E-state index < -0.39 is 17.7 Å². The summed E-state index contributed by atoms with van der Waals surface area (Å²) >= 11 is 0. The van der Waals surface area contributed by atoms with Gasteiger partial charge in [-0.05, 0) is 38.8 Å². The van der Waals surface area contributed by atoms with Crippen molar-refractivity contribution in [3.05, 3.63) is 63.5 Å². The molecule has 7 heteroatoms. The van der Waals surface area contributed by atoms with E-state index in [1.807, 2.05) is 52.0 Å². The van der Waals surface area contributed by atoms with Crippen LogP contribution in [0.3, 0.4) is 0 Å². The molecule has 1 aromatic carbocycles. The molecule has 0 saturated carbocycles. The van der Waals surface area contributed by atoms with Crippen molar-refractivity contribution in [1.29, 1.82) is 0 Å². The Morgan fingerprint density at radius 3 is 2.28 bits per heavy atom. The zero-order valence-electron chi connectivity index (χ0n) is 19.2. The number of nitrogens with one attached hydrogen (secondary N) is 1. The van der Waals surface area contributed by atoms with Crippen LogP contribution in [0.1, 0.15) is 39.7 Å². The number of morpholine rings is 1. The van der Waals surface area contributed by atoms with Gasteiger partial charge in [-0.2, -0.15) is 0 Å². The number of carbonyl (C=O) groups is 2. The number of hydrogen-bond donors (Lipinski definition) is 2. The minimum absolute atomic E-state index is 0.109. The quantitative estimate of drug-likeness (QED) is 0.427. The van der Waals surface area contributed by atoms with Crippen molar-refractivity contribution in [3.63, 3.8) is 0 Å². The molecule has 2 fully saturated rings. The third kappa shape index (κ3) is 3.98. The smallest absolute Gasteiger partial charge is 0.295 e. The Labute approximate surface area is 188 Å². The molecule has 3 heterocycles. The van der Waals surface area contributed by atoms with Crippen molar-refractivity contribution in [2.45, 2.75) is 33.7 Å². The highest BCUT2D eigenvalue weighted by Crippen LogP contribution is 2.40. The van der Waals surface area contributed by atoms with Gasteiger partial charge in [0.15, 0.2) is 0 Å². The Bertz CT molecular complexity index is 1060. The molecule has 1 unspecified atom stereocenters. The number of benzene rings is 1. The number of aliphatic hydroxyl groups excluding tert-OH is 1. The summed E-state index contributed by atoms with van der Waals surface area (Å²) < 4.78 is 5.41. The fraction of sp³-hybridized carbons (Fsp3) is 0.440. The number of carbonyl (C=O) groups excluding carboxylic acids is 2. The van der Waals surface area contributed by atoms with Crippen molar-refractivity contribution in [2.24, 2.45) is 0 Å². The van der Waals surface area contributed by atoms with Crippen LogP contribution in [0.15, 0.2) is 29.8 Å². The largest absolute Gasteiger partial charge is 0.507 e. The maximum Gasteiger partial charge on any atom is 0.295 e. The Hall–Kier alpha value is -2.90. The molecule has 1 atom stereocenters. The number of aliphatic hydroxyl groups is 1. The van der Waals surface area contributed by atoms with Crippen LogP contribution in [0.4, 0.5) is 0 Å². The van der Waals surface area contributed by atoms with Crippen LogP contribution >= 0.6 is 0 Å². The number of rotatable bonds is 5. The third-order valence-corrected chi connectivity index (χ3v) is 6.62. The fourth-order valence-electron chi connectivity index (χ4n) is 4.68. The topological polar surface area (TPSA) is 85.9 Å². The molecular weight excluding hydrogens is 406 g/mol. The maximum atomic E-state index is 13.2. The number of amides is 1. The summed E-state index contributed by atoms with van der Waals surface area (Å²) in [4.78, 5) is 33.4. The van der Waals surface area contributed by atoms with Gasteiger partial charge in [0.05, 0.1) is 24.8 Å². The van der Waals surface area contributed by atoms with Crippen molar-refractivity contribution in [2.75, 3.05) is 39.4 Å². The Balaban J connectivity index is 1.77. The molecule has 2 aromatic rings. The molecule has 0 spiro atoms. The second kappa shape index (κ2) is 8.92. The second-order valence-electron chi connectivity index (χ2n) is 8.73. The molecule has 2 saturated heterocycles. The molecule has 1 aromatic heterocycles. The lowest BCUT2D eigenvalue weighted by atomic mass is 9.93. The number of hydrogen-bond acceptors (Lipinski definition) is 5. The SMILES string of the molecule is Cc1ccc(C2/C(=C(\O)c3c(C)[nH]c(C)c3C)C(=O)C(=O)N2CCN2CCOCC2)cc1. The van der Waals surface area contributed by atoms with Crippen LogP contribution in [0.2, 0.25) is 0 Å². The highest BCUT2D eigenvalue weighted by Gasteiger charge is 2.46. The van der Waals surface area contributed by atoms with Crippen molar-refractivity contribution in [1.82, 2.24) is 14.8 Å². The van der Waals surface area contributed by atoms with E-state index in [0.717, 1.165) is 41.2 Å². The van der Waals surface area contributed by atoms with Crippen LogP contribution < -0.4 is 0 Å². The number of ether oxygens (including phenoxy) is 1. The van der Waals surface area contributed by atoms with Gasteiger partial charge in [0.1, 0.15) is 5.76 Å². The molecule has 170 valence electrons. The lowest BCUT2D eigenvalue weighted by Gasteiger charge is -2.31. The fourth-order valence-corrected chi connectivity index (χ4v) is 4.68. The number of likely N-dealkylation sites (tertiary alicyclic amines) is 1. The van der Waals surface area contributed by atoms with E-state index in [1.54, 1.807) is 4.90 Å². The van der Waals surface area contributed by atoms with Crippen LogP contribution in [0.5, 0.6) is 0 Å². The summed E-state index contributed by atoms with van der Waals surface area (Å²) in [5.74, 6) is -1.30. The van der Waals surface area contributed by atoms with Gasteiger partial charge in [-0.3, -0.25) is 14.5 Å². The Morgan fingerprint density at radius 2 is 1.69 bits per heavy atom. The van der Waals surface area contributed by atoms with E-state index in [4.69, 9.17) is 4.74 Å². The molecule has 2 aliphatic heterocycles. The summed E-state index contributed by atoms with van der Waals surface area (Å²) in [6.45, 7) is 11.7. The third-order valence-electron chi connectivity index (χ3n) is 6.62. The van der Waals surface area contributed by atoms with E-state index in [-0.39, 0.29) is 11.3 Å². The van der Waals surface area contributed by atoms with Gasteiger partial charge in [-0.1, -0.05) is 29.8 Å². The molecule has 7 nitrogen and oxygen atoms in total. The van der Waals surface area contributed by atoms with Crippen LogP contribution in [-0.4, -0.2) is 71.0 Å². The molecule has 1 amide bonds. The summed E-state index contributed by atoms with van der Waals surface area (Å²) in [5.41, 5.74) is 5.25. The Morgan fingerprint density at radius 1 is 1.03 bits per heavy atom. The van der Waals surface area contributed by atoms with Gasteiger partial charge in [-0.15, -0.1) is 0 Å². The second-order valence-corrected chi connectivity index (χ2v) is 8.73. The number of nitrogens with zero attached hydrogens (tertiary/aromatic N) is 2. The average Bonchev–Trinajstić information content (AvgIpc) is 3.18. The van der Waals surface area contributed by atoms with Crippen LogP contribution in [0.25, 0.3) is 5.76 Å². The highest BCUT2D eigenvalue weighted by atomic mass is 16.5. The van der Waals surface area contributed by atoms with Crippen LogP contribution in [0, 0.1) is 27.7 Å². The number of aromatic nitrogens is 1. The lowest BCUT2D eigenvalue weighted by Crippen LogP contribution is -2.42. The van der Waals surface area contributed by atoms with Gasteiger partial charge in [0.2, 0.25) is 0 Å². The predicted octanol–water partition coefficient (Wildman–Crippen LogP) is 3.00. The molecule has 32 heavy (non-hydrogen) atoms. The van der Waals surface area contributed by atoms with E-state index in [1.165, 1.54) is 0 Å². The van der Waals surface area contributed by atoms with E-state index in [9.17, 15) is 14.7 Å². The first-order valence-electron chi connectivity index (χ1n) is 11.1. The summed E-state index contributed by atoms with van der Waals surface area (Å²) in [6, 6.07) is 7.18. The minimum Gasteiger partial charge on any atom is -0.507 e. The minimum atomic E-state index is -0.632. The number of H-pyrrole nitrogens is 1. The number of aryl methyl sites for hydroxylation is 3. The number of ketones is 1. The average molecular weight is 438 g/mol. The van der Waals surface area contributed by atoms with Gasteiger partial charge < -0.3 is 19.7 Å². The molecule has 0 radical (unpaired) electrons. The van der Waals surface area contributed by atoms with Gasteiger partial charge in [0, 0.05) is 43.1 Å². The first-order chi connectivity index (χ1) is 15.3. The molecule has 4 rings (SSSR count). The van der Waals surface area contributed by atoms with Crippen LogP contribution in [-0.2, 0) is 14.3 Å². The maximum absolute atomic E-state index is 13.2. The lowest BCUT2D eigenvalue weighted by molar-refractivity contribution is -0.140.